The summed E-state index contributed by atoms with van der Waals surface area (Å²) < 4.78 is 17.2. The number of rotatable bonds is 6. The lowest BCUT2D eigenvalue weighted by Crippen LogP contribution is -2.37. The van der Waals surface area contributed by atoms with Gasteiger partial charge in [-0.15, -0.1) is 11.8 Å². The van der Waals surface area contributed by atoms with E-state index in [0.717, 1.165) is 21.5 Å². The van der Waals surface area contributed by atoms with Crippen molar-refractivity contribution in [1.29, 1.82) is 0 Å². The highest BCUT2D eigenvalue weighted by Gasteiger charge is 2.38. The summed E-state index contributed by atoms with van der Waals surface area (Å²) in [7, 11) is 1.61. The number of nitrogens with one attached hydrogen (secondary N) is 1. The second kappa shape index (κ2) is 9.69. The summed E-state index contributed by atoms with van der Waals surface area (Å²) in [4.78, 5) is 37.8. The number of carbonyl (C=O) groups excluding carboxylic acids is 2. The average molecular weight is 523 g/mol. The average Bonchev–Trinajstić information content (AvgIpc) is 3.44. The Morgan fingerprint density at radius 2 is 2.05 bits per heavy atom. The first-order chi connectivity index (χ1) is 18.0. The van der Waals surface area contributed by atoms with Crippen LogP contribution in [0, 0.1) is 0 Å². The number of methoxy groups -OCH3 is 1. The third-order valence-corrected chi connectivity index (χ3v) is 7.77. The molecular weight excluding hydrogens is 496 g/mol. The number of amides is 2. The molecule has 0 radical (unpaired) electrons. The Kier molecular flexibility index (Phi) is 6.22. The number of anilines is 2. The van der Waals surface area contributed by atoms with Crippen molar-refractivity contribution in [3.8, 4) is 11.6 Å². The van der Waals surface area contributed by atoms with Crippen LogP contribution in [0.15, 0.2) is 47.6 Å². The molecule has 192 valence electrons. The summed E-state index contributed by atoms with van der Waals surface area (Å²) >= 11 is 1.48. The number of thioether (sulfide) groups is 1. The number of cyclic esters (lactones) is 1. The Balaban J connectivity index is 1.10. The van der Waals surface area contributed by atoms with E-state index in [9.17, 15) is 9.59 Å². The maximum Gasteiger partial charge on any atom is 0.414 e. The minimum atomic E-state index is -0.405. The molecule has 11 nitrogen and oxygen atoms in total. The number of ether oxygens (including phenoxy) is 3. The van der Waals surface area contributed by atoms with Gasteiger partial charge in [-0.05, 0) is 36.4 Å². The van der Waals surface area contributed by atoms with E-state index in [2.05, 4.69) is 20.2 Å². The van der Waals surface area contributed by atoms with Crippen molar-refractivity contribution in [3.05, 3.63) is 42.7 Å². The molecule has 3 aliphatic rings. The lowest BCUT2D eigenvalue weighted by Gasteiger charge is -2.21. The van der Waals surface area contributed by atoms with E-state index >= 15 is 0 Å². The molecule has 3 aromatic rings. The summed E-state index contributed by atoms with van der Waals surface area (Å²) in [5.41, 5.74) is 8.59. The molecule has 2 fully saturated rings. The van der Waals surface area contributed by atoms with Crippen molar-refractivity contribution < 1.29 is 23.8 Å². The van der Waals surface area contributed by atoms with Crippen molar-refractivity contribution in [2.75, 3.05) is 49.3 Å². The van der Waals surface area contributed by atoms with E-state index in [0.29, 0.717) is 49.2 Å². The van der Waals surface area contributed by atoms with Crippen LogP contribution in [0.2, 0.25) is 0 Å². The molecule has 6 rings (SSSR count). The van der Waals surface area contributed by atoms with Crippen LogP contribution in [0.4, 0.5) is 16.2 Å². The molecule has 1 aromatic heterocycles. The number of likely N-dealkylation sites (tertiary alicyclic amines) is 1. The number of benzene rings is 2. The fourth-order valence-electron chi connectivity index (χ4n) is 4.88. The van der Waals surface area contributed by atoms with Gasteiger partial charge >= 0.3 is 6.09 Å². The van der Waals surface area contributed by atoms with Gasteiger partial charge in [-0.25, -0.2) is 14.8 Å². The first kappa shape index (κ1) is 23.8. The van der Waals surface area contributed by atoms with Crippen molar-refractivity contribution >= 4 is 46.0 Å². The van der Waals surface area contributed by atoms with Gasteiger partial charge in [0.25, 0.3) is 0 Å². The fourth-order valence-corrected chi connectivity index (χ4v) is 5.67. The highest BCUT2D eigenvalue weighted by molar-refractivity contribution is 8.00. The number of aromatic nitrogens is 2. The molecular formula is C25H26N6O5S. The molecule has 0 aliphatic carbocycles. The van der Waals surface area contributed by atoms with Gasteiger partial charge in [0.05, 0.1) is 42.0 Å². The second-order valence-electron chi connectivity index (χ2n) is 9.23. The molecule has 2 saturated heterocycles. The number of nitrogens with zero attached hydrogens (tertiary/aromatic N) is 4. The van der Waals surface area contributed by atoms with Crippen molar-refractivity contribution in [1.82, 2.24) is 14.9 Å². The van der Waals surface area contributed by atoms with Crippen LogP contribution in [-0.4, -0.2) is 84.2 Å². The first-order valence-electron chi connectivity index (χ1n) is 11.9. The molecule has 12 heteroatoms. The summed E-state index contributed by atoms with van der Waals surface area (Å²) in [6.07, 6.45) is 0.471. The highest BCUT2D eigenvalue weighted by atomic mass is 32.2. The zero-order valence-electron chi connectivity index (χ0n) is 20.1. The topological polar surface area (TPSA) is 132 Å². The minimum Gasteiger partial charge on any atom is -0.497 e. The van der Waals surface area contributed by atoms with Crippen LogP contribution in [0.5, 0.6) is 11.6 Å². The SMILES string of the molecule is COc1ccc2ncnc(O[C@@H]3CN(CC4CN(c5ccc6c(c5)NC(=O)CS6)C(=O)O4)C[C@H]3N)c2c1. The number of fused-ring (bicyclic) bond motifs is 2. The smallest absolute Gasteiger partial charge is 0.414 e. The molecule has 3 N–H and O–H groups in total. The zero-order chi connectivity index (χ0) is 25.5. The van der Waals surface area contributed by atoms with Gasteiger partial charge in [-0.3, -0.25) is 14.6 Å². The molecule has 4 heterocycles. The predicted molar refractivity (Wildman–Crippen MR) is 138 cm³/mol. The minimum absolute atomic E-state index is 0.0484. The summed E-state index contributed by atoms with van der Waals surface area (Å²) in [5, 5.41) is 3.62. The van der Waals surface area contributed by atoms with Crippen LogP contribution < -0.4 is 25.4 Å². The second-order valence-corrected chi connectivity index (χ2v) is 10.3. The van der Waals surface area contributed by atoms with Crippen LogP contribution in [-0.2, 0) is 9.53 Å². The molecule has 0 saturated carbocycles. The van der Waals surface area contributed by atoms with Crippen molar-refractivity contribution in [2.24, 2.45) is 5.73 Å². The maximum atomic E-state index is 12.7. The van der Waals surface area contributed by atoms with Gasteiger partial charge < -0.3 is 25.3 Å². The Morgan fingerprint density at radius 1 is 1.16 bits per heavy atom. The standard InChI is InChI=1S/C25H26N6O5S/c1-34-15-3-4-19-17(7-15)24(28-13-27-19)36-21-11-30(10-18(21)26)8-16-9-31(25(33)35-16)14-2-5-22-20(6-14)29-23(32)12-37-22/h2-7,13,16,18,21H,8-12,26H2,1H3,(H,29,32)/t16?,18-,21-/m1/s1. The molecule has 2 amide bonds. The molecule has 2 aromatic carbocycles. The van der Waals surface area contributed by atoms with Gasteiger partial charge in [-0.1, -0.05) is 0 Å². The van der Waals surface area contributed by atoms with Crippen molar-refractivity contribution in [3.63, 3.8) is 0 Å². The van der Waals surface area contributed by atoms with Crippen molar-refractivity contribution in [2.45, 2.75) is 23.1 Å². The number of nitrogens with two attached hydrogens (primary N) is 1. The molecule has 3 aliphatic heterocycles. The molecule has 0 bridgehead atoms. The van der Waals surface area contributed by atoms with Crippen LogP contribution >= 0.6 is 11.8 Å². The Labute approximate surface area is 217 Å². The Bertz CT molecular complexity index is 1370. The van der Waals surface area contributed by atoms with Crippen LogP contribution in [0.25, 0.3) is 10.9 Å². The zero-order valence-corrected chi connectivity index (χ0v) is 20.9. The van der Waals surface area contributed by atoms with Gasteiger partial charge in [0, 0.05) is 30.2 Å². The fraction of sp³-hybridized carbons (Fsp3) is 0.360. The molecule has 3 atom stereocenters. The van der Waals surface area contributed by atoms with Gasteiger partial charge in [-0.2, -0.15) is 0 Å². The van der Waals surface area contributed by atoms with Gasteiger partial charge in [0.15, 0.2) is 0 Å². The van der Waals surface area contributed by atoms with E-state index in [1.165, 1.54) is 18.1 Å². The largest absolute Gasteiger partial charge is 0.497 e. The molecule has 1 unspecified atom stereocenters. The van der Waals surface area contributed by atoms with E-state index in [1.807, 2.05) is 36.4 Å². The highest BCUT2D eigenvalue weighted by Crippen LogP contribution is 2.35. The first-order valence-corrected chi connectivity index (χ1v) is 12.9. The summed E-state index contributed by atoms with van der Waals surface area (Å²) in [6.45, 7) is 2.12. The molecule has 37 heavy (non-hydrogen) atoms. The molecule has 0 spiro atoms. The van der Waals surface area contributed by atoms with E-state index in [-0.39, 0.29) is 24.2 Å². The maximum absolute atomic E-state index is 12.7. The Hall–Kier alpha value is -3.61. The van der Waals surface area contributed by atoms with Gasteiger partial charge in [0.2, 0.25) is 11.8 Å². The third kappa shape index (κ3) is 4.75. The van der Waals surface area contributed by atoms with E-state index < -0.39 is 6.09 Å². The lowest BCUT2D eigenvalue weighted by atomic mass is 10.2. The lowest BCUT2D eigenvalue weighted by molar-refractivity contribution is -0.113. The number of carbonyl (C=O) groups is 2. The predicted octanol–water partition coefficient (Wildman–Crippen LogP) is 2.10. The summed E-state index contributed by atoms with van der Waals surface area (Å²) in [5.74, 6) is 1.50. The normalized spacial score (nSPS) is 23.6. The van der Waals surface area contributed by atoms with Crippen LogP contribution in [0.1, 0.15) is 0 Å². The summed E-state index contributed by atoms with van der Waals surface area (Å²) in [6, 6.07) is 10.9. The quantitative estimate of drug-likeness (QED) is 0.496. The Morgan fingerprint density at radius 3 is 2.92 bits per heavy atom. The third-order valence-electron chi connectivity index (χ3n) is 6.70. The van der Waals surface area contributed by atoms with Gasteiger partial charge in [0.1, 0.15) is 24.3 Å². The van der Waals surface area contributed by atoms with Crippen LogP contribution in [0.3, 0.4) is 0 Å². The number of hydrogen-bond donors (Lipinski definition) is 2. The monoisotopic (exact) mass is 522 g/mol. The number of hydrogen-bond acceptors (Lipinski definition) is 10. The van der Waals surface area contributed by atoms with E-state index in [4.69, 9.17) is 19.9 Å². The van der Waals surface area contributed by atoms with E-state index in [1.54, 1.807) is 12.0 Å².